The van der Waals surface area contributed by atoms with Crippen LogP contribution in [0.4, 0.5) is 0 Å². The Morgan fingerprint density at radius 1 is 1.29 bits per heavy atom. The number of amides is 1. The average molecular weight is 231 g/mol. The first-order chi connectivity index (χ1) is 8.23. The lowest BCUT2D eigenvalue weighted by Crippen LogP contribution is -2.40. The van der Waals surface area contributed by atoms with Crippen molar-refractivity contribution in [3.63, 3.8) is 0 Å². The molecule has 0 radical (unpaired) electrons. The Morgan fingerprint density at radius 2 is 2.00 bits per heavy atom. The Labute approximate surface area is 103 Å². The van der Waals surface area contributed by atoms with Crippen LogP contribution in [0.2, 0.25) is 0 Å². The van der Waals surface area contributed by atoms with Crippen molar-refractivity contribution in [2.75, 3.05) is 0 Å². The molecule has 1 heterocycles. The van der Waals surface area contributed by atoms with E-state index in [1.807, 2.05) is 6.07 Å². The minimum atomic E-state index is 0.0157. The van der Waals surface area contributed by atoms with Crippen LogP contribution in [-0.2, 0) is 10.2 Å². The summed E-state index contributed by atoms with van der Waals surface area (Å²) in [6.07, 6.45) is 3.83. The lowest BCUT2D eigenvalue weighted by molar-refractivity contribution is -0.119. The largest absolute Gasteiger partial charge is 0.352 e. The highest BCUT2D eigenvalue weighted by Crippen LogP contribution is 2.41. The van der Waals surface area contributed by atoms with E-state index in [1.54, 1.807) is 0 Å². The molecule has 2 heteroatoms. The molecule has 0 bridgehead atoms. The van der Waals surface area contributed by atoms with Crippen LogP contribution in [0.5, 0.6) is 0 Å². The lowest BCUT2D eigenvalue weighted by atomic mass is 9.70. The highest BCUT2D eigenvalue weighted by atomic mass is 16.2. The van der Waals surface area contributed by atoms with E-state index in [0.29, 0.717) is 6.42 Å². The first kappa shape index (κ1) is 12.2. The topological polar surface area (TPSA) is 29.1 Å². The third kappa shape index (κ3) is 2.08. The van der Waals surface area contributed by atoms with Crippen molar-refractivity contribution < 1.29 is 4.79 Å². The van der Waals surface area contributed by atoms with Crippen molar-refractivity contribution in [3.05, 3.63) is 35.9 Å². The molecule has 1 aliphatic heterocycles. The molecule has 2 nitrogen and oxygen atoms in total. The van der Waals surface area contributed by atoms with E-state index in [0.717, 1.165) is 19.3 Å². The zero-order valence-electron chi connectivity index (χ0n) is 10.7. The van der Waals surface area contributed by atoms with Crippen LogP contribution in [-0.4, -0.2) is 11.9 Å². The molecule has 0 aliphatic carbocycles. The summed E-state index contributed by atoms with van der Waals surface area (Å²) in [7, 11) is 0. The van der Waals surface area contributed by atoms with E-state index >= 15 is 0 Å². The molecular weight excluding hydrogens is 210 g/mol. The molecule has 0 saturated carbocycles. The fraction of sp³-hybridized carbons (Fsp3) is 0.533. The number of hydrogen-bond acceptors (Lipinski definition) is 1. The van der Waals surface area contributed by atoms with Gasteiger partial charge in [0.2, 0.25) is 5.91 Å². The van der Waals surface area contributed by atoms with Crippen molar-refractivity contribution in [1.82, 2.24) is 5.32 Å². The highest BCUT2D eigenvalue weighted by molar-refractivity contribution is 5.81. The van der Waals surface area contributed by atoms with Crippen LogP contribution in [0.15, 0.2) is 30.3 Å². The number of rotatable bonds is 4. The molecule has 0 aromatic heterocycles. The standard InChI is InChI=1S/C15H21NO/c1-3-10-15(12-8-6-5-7-9-12)11-14(17)16-13(15)4-2/h5-9,13H,3-4,10-11H2,1-2H3,(H,16,17). The van der Waals surface area contributed by atoms with Gasteiger partial charge in [-0.25, -0.2) is 0 Å². The molecule has 1 saturated heterocycles. The summed E-state index contributed by atoms with van der Waals surface area (Å²) in [5.41, 5.74) is 1.33. The summed E-state index contributed by atoms with van der Waals surface area (Å²) in [5, 5.41) is 3.14. The molecule has 1 N–H and O–H groups in total. The predicted molar refractivity (Wildman–Crippen MR) is 69.9 cm³/mol. The van der Waals surface area contributed by atoms with E-state index < -0.39 is 0 Å². The number of hydrogen-bond donors (Lipinski definition) is 1. The van der Waals surface area contributed by atoms with Crippen molar-refractivity contribution >= 4 is 5.91 Å². The molecule has 0 spiro atoms. The Morgan fingerprint density at radius 3 is 2.59 bits per heavy atom. The second-order valence-electron chi connectivity index (χ2n) is 4.98. The molecule has 1 aromatic carbocycles. The monoisotopic (exact) mass is 231 g/mol. The zero-order valence-corrected chi connectivity index (χ0v) is 10.7. The molecule has 1 amide bonds. The molecule has 2 unspecified atom stereocenters. The summed E-state index contributed by atoms with van der Waals surface area (Å²) in [6, 6.07) is 10.8. The van der Waals surface area contributed by atoms with Crippen molar-refractivity contribution in [2.24, 2.45) is 0 Å². The molecule has 1 aromatic rings. The van der Waals surface area contributed by atoms with Crippen molar-refractivity contribution in [1.29, 1.82) is 0 Å². The van der Waals surface area contributed by atoms with Gasteiger partial charge >= 0.3 is 0 Å². The normalized spacial score (nSPS) is 28.1. The van der Waals surface area contributed by atoms with Gasteiger partial charge in [-0.05, 0) is 18.4 Å². The molecule has 2 atom stereocenters. The third-order valence-electron chi connectivity index (χ3n) is 3.93. The van der Waals surface area contributed by atoms with Crippen molar-refractivity contribution in [3.8, 4) is 0 Å². The van der Waals surface area contributed by atoms with Crippen molar-refractivity contribution in [2.45, 2.75) is 51.0 Å². The fourth-order valence-corrected chi connectivity index (χ4v) is 3.21. The number of carbonyl (C=O) groups is 1. The van der Waals surface area contributed by atoms with E-state index in [-0.39, 0.29) is 17.4 Å². The van der Waals surface area contributed by atoms with Crippen LogP contribution in [0.1, 0.15) is 45.1 Å². The Balaban J connectivity index is 2.42. The quantitative estimate of drug-likeness (QED) is 0.848. The number of carbonyl (C=O) groups excluding carboxylic acids is 1. The summed E-state index contributed by atoms with van der Waals surface area (Å²) in [5.74, 6) is 0.203. The van der Waals surface area contributed by atoms with Crippen LogP contribution in [0, 0.1) is 0 Å². The Bertz CT molecular complexity index is 387. The maximum absolute atomic E-state index is 11.8. The Hall–Kier alpha value is -1.31. The molecule has 2 rings (SSSR count). The first-order valence-corrected chi connectivity index (χ1v) is 6.58. The summed E-state index contributed by atoms with van der Waals surface area (Å²) in [6.45, 7) is 4.35. The minimum Gasteiger partial charge on any atom is -0.352 e. The van der Waals surface area contributed by atoms with Gasteiger partial charge in [-0.2, -0.15) is 0 Å². The minimum absolute atomic E-state index is 0.0157. The third-order valence-corrected chi connectivity index (χ3v) is 3.93. The summed E-state index contributed by atoms with van der Waals surface area (Å²) in [4.78, 5) is 11.8. The number of benzene rings is 1. The van der Waals surface area contributed by atoms with Crippen LogP contribution in [0.25, 0.3) is 0 Å². The van der Waals surface area contributed by atoms with Gasteiger partial charge in [0.15, 0.2) is 0 Å². The van der Waals surface area contributed by atoms with E-state index in [2.05, 4.69) is 43.4 Å². The lowest BCUT2D eigenvalue weighted by Gasteiger charge is -2.34. The maximum atomic E-state index is 11.8. The second-order valence-corrected chi connectivity index (χ2v) is 4.98. The second kappa shape index (κ2) is 4.91. The SMILES string of the molecule is CCCC1(c2ccccc2)CC(=O)NC1CC. The van der Waals surface area contributed by atoms with Gasteiger partial charge in [0.05, 0.1) is 0 Å². The van der Waals surface area contributed by atoms with Gasteiger partial charge in [-0.15, -0.1) is 0 Å². The molecule has 1 aliphatic rings. The molecule has 92 valence electrons. The van der Waals surface area contributed by atoms with Gasteiger partial charge in [0, 0.05) is 17.9 Å². The van der Waals surface area contributed by atoms with Gasteiger partial charge in [-0.3, -0.25) is 4.79 Å². The van der Waals surface area contributed by atoms with E-state index in [4.69, 9.17) is 0 Å². The van der Waals surface area contributed by atoms with E-state index in [9.17, 15) is 4.79 Å². The molecule has 1 fully saturated rings. The van der Waals surface area contributed by atoms with E-state index in [1.165, 1.54) is 5.56 Å². The van der Waals surface area contributed by atoms with Gasteiger partial charge < -0.3 is 5.32 Å². The van der Waals surface area contributed by atoms with Gasteiger partial charge in [0.25, 0.3) is 0 Å². The summed E-state index contributed by atoms with van der Waals surface area (Å²) < 4.78 is 0. The molecule has 17 heavy (non-hydrogen) atoms. The van der Waals surface area contributed by atoms with Crippen LogP contribution >= 0.6 is 0 Å². The van der Waals surface area contributed by atoms with Crippen LogP contribution < -0.4 is 5.32 Å². The zero-order chi connectivity index (χ0) is 12.3. The smallest absolute Gasteiger partial charge is 0.221 e. The van der Waals surface area contributed by atoms with Crippen LogP contribution in [0.3, 0.4) is 0 Å². The summed E-state index contributed by atoms with van der Waals surface area (Å²) >= 11 is 0. The number of nitrogens with one attached hydrogen (secondary N) is 1. The van der Waals surface area contributed by atoms with Gasteiger partial charge in [0.1, 0.15) is 0 Å². The highest BCUT2D eigenvalue weighted by Gasteiger charge is 2.46. The Kier molecular flexibility index (Phi) is 3.51. The first-order valence-electron chi connectivity index (χ1n) is 6.58. The maximum Gasteiger partial charge on any atom is 0.221 e. The van der Waals surface area contributed by atoms with Gasteiger partial charge in [-0.1, -0.05) is 50.6 Å². The predicted octanol–water partition coefficient (Wildman–Crippen LogP) is 3.02. The fourth-order valence-electron chi connectivity index (χ4n) is 3.21. The molecular formula is C15H21NO. The average Bonchev–Trinajstić information content (AvgIpc) is 2.68.